The van der Waals surface area contributed by atoms with Gasteiger partial charge in [0.15, 0.2) is 0 Å². The van der Waals surface area contributed by atoms with Crippen molar-refractivity contribution in [1.29, 1.82) is 0 Å². The van der Waals surface area contributed by atoms with Crippen LogP contribution in [0.15, 0.2) is 40.0 Å². The topological polar surface area (TPSA) is 77.1 Å². The van der Waals surface area contributed by atoms with Crippen LogP contribution in [0.25, 0.3) is 10.2 Å². The number of fused-ring (bicyclic) bond motifs is 3. The molecule has 1 atom stereocenters. The fourth-order valence-electron chi connectivity index (χ4n) is 4.47. The van der Waals surface area contributed by atoms with E-state index in [9.17, 15) is 18.0 Å². The number of hydrogen-bond donors (Lipinski definition) is 0. The predicted octanol–water partition coefficient (Wildman–Crippen LogP) is 4.21. The zero-order chi connectivity index (χ0) is 24.0. The van der Waals surface area contributed by atoms with Crippen LogP contribution in [-0.4, -0.2) is 37.9 Å². The van der Waals surface area contributed by atoms with Crippen LogP contribution in [0.5, 0.6) is 0 Å². The SMILES string of the molecule is Cc1nonc1CN(C)C1CCc2c(sc3ncn(Cc4cccc(C(F)(F)F)c4)c(=O)c23)C1. The molecule has 7 nitrogen and oxygen atoms in total. The van der Waals surface area contributed by atoms with Crippen LogP contribution >= 0.6 is 11.3 Å². The van der Waals surface area contributed by atoms with Crippen molar-refractivity contribution in [1.82, 2.24) is 24.8 Å². The van der Waals surface area contributed by atoms with Crippen LogP contribution in [0.1, 0.15) is 39.4 Å². The summed E-state index contributed by atoms with van der Waals surface area (Å²) in [5.41, 5.74) is 2.06. The largest absolute Gasteiger partial charge is 0.416 e. The van der Waals surface area contributed by atoms with Gasteiger partial charge in [0.05, 0.1) is 23.8 Å². The standard InChI is InChI=1S/C23H22F3N5O2S/c1-13-18(29-33-28-13)11-30(2)16-6-7-17-19(9-16)34-21-20(17)22(32)31(12-27-21)10-14-4-3-5-15(8-14)23(24,25)26/h3-5,8,12,16H,6-7,9-11H2,1-2H3. The van der Waals surface area contributed by atoms with Crippen molar-refractivity contribution in [3.63, 3.8) is 0 Å². The number of likely N-dealkylation sites (N-methyl/N-ethyl adjacent to an activating group) is 1. The van der Waals surface area contributed by atoms with Crippen molar-refractivity contribution in [3.8, 4) is 0 Å². The third-order valence-electron chi connectivity index (χ3n) is 6.39. The highest BCUT2D eigenvalue weighted by atomic mass is 32.1. The molecular weight excluding hydrogens is 467 g/mol. The van der Waals surface area contributed by atoms with Gasteiger partial charge in [-0.1, -0.05) is 22.4 Å². The van der Waals surface area contributed by atoms with Gasteiger partial charge < -0.3 is 0 Å². The van der Waals surface area contributed by atoms with Gasteiger partial charge in [-0.05, 0) is 56.5 Å². The molecule has 0 saturated heterocycles. The minimum Gasteiger partial charge on any atom is -0.297 e. The average molecular weight is 490 g/mol. The van der Waals surface area contributed by atoms with E-state index in [2.05, 4.69) is 20.2 Å². The average Bonchev–Trinajstić information content (AvgIpc) is 3.38. The van der Waals surface area contributed by atoms with Crippen molar-refractivity contribution in [2.24, 2.45) is 0 Å². The van der Waals surface area contributed by atoms with Crippen LogP contribution in [0, 0.1) is 6.92 Å². The molecule has 1 aromatic carbocycles. The Morgan fingerprint density at radius 2 is 2.12 bits per heavy atom. The molecule has 178 valence electrons. The summed E-state index contributed by atoms with van der Waals surface area (Å²) >= 11 is 1.52. The molecule has 0 N–H and O–H groups in total. The Hall–Kier alpha value is -3.05. The minimum atomic E-state index is -4.43. The highest BCUT2D eigenvalue weighted by Gasteiger charge is 2.31. The number of alkyl halides is 3. The number of hydrogen-bond acceptors (Lipinski definition) is 7. The van der Waals surface area contributed by atoms with Crippen LogP contribution < -0.4 is 5.56 Å². The summed E-state index contributed by atoms with van der Waals surface area (Å²) in [6.07, 6.45) is -0.588. The molecule has 0 radical (unpaired) electrons. The Balaban J connectivity index is 1.40. The molecule has 0 amide bonds. The molecule has 0 saturated carbocycles. The monoisotopic (exact) mass is 489 g/mol. The maximum Gasteiger partial charge on any atom is 0.416 e. The van der Waals surface area contributed by atoms with Crippen LogP contribution in [0.3, 0.4) is 0 Å². The van der Waals surface area contributed by atoms with E-state index in [4.69, 9.17) is 4.63 Å². The van der Waals surface area contributed by atoms with Gasteiger partial charge in [0.25, 0.3) is 5.56 Å². The maximum absolute atomic E-state index is 13.3. The molecule has 0 spiro atoms. The fraction of sp³-hybridized carbons (Fsp3) is 0.391. The molecular formula is C23H22F3N5O2S. The zero-order valence-electron chi connectivity index (χ0n) is 18.6. The van der Waals surface area contributed by atoms with Crippen molar-refractivity contribution < 1.29 is 17.8 Å². The smallest absolute Gasteiger partial charge is 0.297 e. The first-order chi connectivity index (χ1) is 16.2. The highest BCUT2D eigenvalue weighted by molar-refractivity contribution is 7.18. The van der Waals surface area contributed by atoms with Crippen molar-refractivity contribution in [2.75, 3.05) is 7.05 Å². The lowest BCUT2D eigenvalue weighted by atomic mass is 9.92. The number of halogens is 3. The molecule has 0 bridgehead atoms. The van der Waals surface area contributed by atoms with Crippen LogP contribution in [-0.2, 0) is 32.1 Å². The van der Waals surface area contributed by atoms with Gasteiger partial charge in [-0.3, -0.25) is 14.3 Å². The van der Waals surface area contributed by atoms with E-state index in [-0.39, 0.29) is 18.1 Å². The third-order valence-corrected chi connectivity index (χ3v) is 7.55. The molecule has 11 heteroatoms. The van der Waals surface area contributed by atoms with E-state index in [0.717, 1.165) is 53.2 Å². The predicted molar refractivity (Wildman–Crippen MR) is 121 cm³/mol. The second kappa shape index (κ2) is 8.62. The van der Waals surface area contributed by atoms with Gasteiger partial charge in [-0.15, -0.1) is 11.3 Å². The molecule has 34 heavy (non-hydrogen) atoms. The van der Waals surface area contributed by atoms with Gasteiger partial charge in [-0.2, -0.15) is 13.2 Å². The van der Waals surface area contributed by atoms with E-state index >= 15 is 0 Å². The molecule has 1 aliphatic carbocycles. The van der Waals surface area contributed by atoms with Gasteiger partial charge in [0.1, 0.15) is 16.2 Å². The number of thiophene rings is 1. The summed E-state index contributed by atoms with van der Waals surface area (Å²) in [7, 11) is 2.04. The molecule has 0 aliphatic heterocycles. The Kier molecular flexibility index (Phi) is 5.76. The van der Waals surface area contributed by atoms with Gasteiger partial charge in [-0.25, -0.2) is 9.61 Å². The van der Waals surface area contributed by atoms with E-state index in [1.807, 2.05) is 14.0 Å². The normalized spacial score (nSPS) is 16.4. The summed E-state index contributed by atoms with van der Waals surface area (Å²) < 4.78 is 45.4. The number of benzene rings is 1. The Labute approximate surface area is 196 Å². The Morgan fingerprint density at radius 1 is 1.29 bits per heavy atom. The van der Waals surface area contributed by atoms with Crippen molar-refractivity contribution in [2.45, 2.75) is 51.5 Å². The third kappa shape index (κ3) is 4.25. The fourth-order valence-corrected chi connectivity index (χ4v) is 5.72. The second-order valence-electron chi connectivity index (χ2n) is 8.67. The van der Waals surface area contributed by atoms with Gasteiger partial charge in [0.2, 0.25) is 0 Å². The van der Waals surface area contributed by atoms with E-state index in [1.165, 1.54) is 28.3 Å². The van der Waals surface area contributed by atoms with Gasteiger partial charge in [0, 0.05) is 17.5 Å². The molecule has 5 rings (SSSR count). The minimum absolute atomic E-state index is 0.0345. The quantitative estimate of drug-likeness (QED) is 0.418. The summed E-state index contributed by atoms with van der Waals surface area (Å²) in [6.45, 7) is 2.52. The lowest BCUT2D eigenvalue weighted by Gasteiger charge is -2.30. The van der Waals surface area contributed by atoms with E-state index < -0.39 is 11.7 Å². The Morgan fingerprint density at radius 3 is 2.85 bits per heavy atom. The first-order valence-electron chi connectivity index (χ1n) is 10.8. The summed E-state index contributed by atoms with van der Waals surface area (Å²) in [4.78, 5) is 21.8. The molecule has 3 aromatic heterocycles. The number of aromatic nitrogens is 4. The lowest BCUT2D eigenvalue weighted by Crippen LogP contribution is -2.36. The van der Waals surface area contributed by atoms with Crippen molar-refractivity contribution >= 4 is 21.6 Å². The highest BCUT2D eigenvalue weighted by Crippen LogP contribution is 2.35. The summed E-state index contributed by atoms with van der Waals surface area (Å²) in [6, 6.07) is 5.32. The number of rotatable bonds is 5. The van der Waals surface area contributed by atoms with E-state index in [0.29, 0.717) is 22.3 Å². The summed E-state index contributed by atoms with van der Waals surface area (Å²) in [5.74, 6) is 0. The molecule has 4 aromatic rings. The van der Waals surface area contributed by atoms with Gasteiger partial charge >= 0.3 is 6.18 Å². The van der Waals surface area contributed by atoms with E-state index in [1.54, 1.807) is 6.07 Å². The van der Waals surface area contributed by atoms with Crippen LogP contribution in [0.2, 0.25) is 0 Å². The number of aryl methyl sites for hydroxylation is 2. The second-order valence-corrected chi connectivity index (χ2v) is 9.75. The molecule has 0 fully saturated rings. The molecule has 1 aliphatic rings. The molecule has 3 heterocycles. The zero-order valence-corrected chi connectivity index (χ0v) is 19.4. The number of nitrogens with zero attached hydrogens (tertiary/aromatic N) is 5. The maximum atomic E-state index is 13.3. The first-order valence-corrected chi connectivity index (χ1v) is 11.7. The Bertz CT molecular complexity index is 1410. The van der Waals surface area contributed by atoms with Crippen molar-refractivity contribution in [3.05, 3.63) is 73.9 Å². The van der Waals surface area contributed by atoms with Crippen LogP contribution in [0.4, 0.5) is 13.2 Å². The molecule has 1 unspecified atom stereocenters. The lowest BCUT2D eigenvalue weighted by molar-refractivity contribution is -0.137. The first kappa shape index (κ1) is 22.7. The summed E-state index contributed by atoms with van der Waals surface area (Å²) in [5, 5.41) is 8.38.